The van der Waals surface area contributed by atoms with Crippen molar-refractivity contribution in [2.75, 3.05) is 0 Å². The van der Waals surface area contributed by atoms with Gasteiger partial charge in [-0.25, -0.2) is 0 Å². The Balaban J connectivity index is 1.98. The van der Waals surface area contributed by atoms with Crippen molar-refractivity contribution in [3.63, 3.8) is 0 Å². The van der Waals surface area contributed by atoms with E-state index in [4.69, 9.17) is 5.41 Å². The molecule has 0 aromatic carbocycles. The Labute approximate surface area is 67.1 Å². The first-order chi connectivity index (χ1) is 5.33. The van der Waals surface area contributed by atoms with Crippen LogP contribution in [0.2, 0.25) is 0 Å². The van der Waals surface area contributed by atoms with E-state index in [1.165, 1.54) is 25.5 Å². The van der Waals surface area contributed by atoms with Gasteiger partial charge in [-0.05, 0) is 6.42 Å². The fourth-order valence-electron chi connectivity index (χ4n) is 1.06. The molecule has 1 aliphatic rings. The molecule has 0 radical (unpaired) electrons. The summed E-state index contributed by atoms with van der Waals surface area (Å²) in [4.78, 5) is 9.36. The van der Waals surface area contributed by atoms with Gasteiger partial charge in [0.15, 0.2) is 0 Å². The van der Waals surface area contributed by atoms with Crippen molar-refractivity contribution < 1.29 is 9.78 Å². The van der Waals surface area contributed by atoms with Crippen LogP contribution in [-0.4, -0.2) is 12.0 Å². The standard InChI is InChI=1S/C8H15NO2/c1-2-3-4-5-6-8(7-9)10-11-8/h7,9H,2-6H2,1H3. The van der Waals surface area contributed by atoms with Gasteiger partial charge in [-0.1, -0.05) is 26.2 Å². The molecule has 0 bridgehead atoms. The molecule has 0 aliphatic carbocycles. The van der Waals surface area contributed by atoms with Gasteiger partial charge in [-0.2, -0.15) is 9.78 Å². The molecule has 0 amide bonds. The monoisotopic (exact) mass is 157 g/mol. The van der Waals surface area contributed by atoms with E-state index >= 15 is 0 Å². The van der Waals surface area contributed by atoms with Crippen molar-refractivity contribution in [2.24, 2.45) is 0 Å². The first kappa shape index (κ1) is 8.68. The summed E-state index contributed by atoms with van der Waals surface area (Å²) in [6.45, 7) is 2.18. The normalized spacial score (nSPS) is 19.7. The lowest BCUT2D eigenvalue weighted by Crippen LogP contribution is -2.10. The molecule has 3 heteroatoms. The second-order valence-electron chi connectivity index (χ2n) is 2.93. The van der Waals surface area contributed by atoms with Gasteiger partial charge in [-0.3, -0.25) is 0 Å². The number of unbranched alkanes of at least 4 members (excludes halogenated alkanes) is 3. The third-order valence-electron chi connectivity index (χ3n) is 1.90. The SMILES string of the molecule is CCCCCCC1(C=N)OO1. The summed E-state index contributed by atoms with van der Waals surface area (Å²) in [5.41, 5.74) is 0. The van der Waals surface area contributed by atoms with Crippen LogP contribution in [-0.2, 0) is 9.78 Å². The molecular formula is C8H15NO2. The van der Waals surface area contributed by atoms with Gasteiger partial charge in [0.1, 0.15) is 0 Å². The van der Waals surface area contributed by atoms with Gasteiger partial charge in [-0.15, -0.1) is 0 Å². The maximum absolute atomic E-state index is 6.97. The van der Waals surface area contributed by atoms with E-state index in [9.17, 15) is 0 Å². The van der Waals surface area contributed by atoms with E-state index in [1.807, 2.05) is 0 Å². The van der Waals surface area contributed by atoms with Crippen LogP contribution in [0.5, 0.6) is 0 Å². The van der Waals surface area contributed by atoms with Gasteiger partial charge >= 0.3 is 0 Å². The Morgan fingerprint density at radius 2 is 2.00 bits per heavy atom. The van der Waals surface area contributed by atoms with E-state index in [2.05, 4.69) is 16.7 Å². The van der Waals surface area contributed by atoms with Crippen molar-refractivity contribution in [3.05, 3.63) is 0 Å². The predicted molar refractivity (Wildman–Crippen MR) is 42.4 cm³/mol. The van der Waals surface area contributed by atoms with Crippen LogP contribution in [0.4, 0.5) is 0 Å². The van der Waals surface area contributed by atoms with Gasteiger partial charge in [0.2, 0.25) is 0 Å². The molecule has 11 heavy (non-hydrogen) atoms. The van der Waals surface area contributed by atoms with Gasteiger partial charge in [0, 0.05) is 6.42 Å². The topological polar surface area (TPSA) is 48.9 Å². The molecule has 1 fully saturated rings. The molecule has 1 saturated heterocycles. The Morgan fingerprint density at radius 3 is 2.45 bits per heavy atom. The van der Waals surface area contributed by atoms with E-state index in [0.29, 0.717) is 0 Å². The Bertz CT molecular complexity index is 132. The fourth-order valence-corrected chi connectivity index (χ4v) is 1.06. The largest absolute Gasteiger partial charge is 0.307 e. The summed E-state index contributed by atoms with van der Waals surface area (Å²) in [6.07, 6.45) is 6.85. The molecule has 1 aliphatic heterocycles. The zero-order chi connectivity index (χ0) is 8.16. The minimum atomic E-state index is -0.617. The molecule has 3 nitrogen and oxygen atoms in total. The lowest BCUT2D eigenvalue weighted by atomic mass is 10.1. The maximum Gasteiger partial charge on any atom is 0.268 e. The van der Waals surface area contributed by atoms with Crippen molar-refractivity contribution in [2.45, 2.75) is 44.8 Å². The van der Waals surface area contributed by atoms with Gasteiger partial charge < -0.3 is 5.41 Å². The number of hydrogen-bond donors (Lipinski definition) is 1. The van der Waals surface area contributed by atoms with E-state index in [0.717, 1.165) is 12.8 Å². The summed E-state index contributed by atoms with van der Waals surface area (Å²) >= 11 is 0. The zero-order valence-corrected chi connectivity index (χ0v) is 6.93. The highest BCUT2D eigenvalue weighted by Gasteiger charge is 2.46. The molecule has 0 unspecified atom stereocenters. The number of rotatable bonds is 6. The summed E-state index contributed by atoms with van der Waals surface area (Å²) < 4.78 is 0. The van der Waals surface area contributed by atoms with Crippen LogP contribution in [0.3, 0.4) is 0 Å². The van der Waals surface area contributed by atoms with Crippen molar-refractivity contribution in [1.82, 2.24) is 0 Å². The molecule has 0 spiro atoms. The van der Waals surface area contributed by atoms with Gasteiger partial charge in [0.25, 0.3) is 5.79 Å². The third-order valence-corrected chi connectivity index (χ3v) is 1.90. The number of hydrogen-bond acceptors (Lipinski definition) is 3. The lowest BCUT2D eigenvalue weighted by Gasteiger charge is -1.98. The molecule has 0 saturated carbocycles. The zero-order valence-electron chi connectivity index (χ0n) is 6.93. The van der Waals surface area contributed by atoms with E-state index in [1.54, 1.807) is 0 Å². The second-order valence-corrected chi connectivity index (χ2v) is 2.93. The van der Waals surface area contributed by atoms with Crippen LogP contribution in [0.15, 0.2) is 0 Å². The first-order valence-corrected chi connectivity index (χ1v) is 4.21. The summed E-state index contributed by atoms with van der Waals surface area (Å²) in [5, 5.41) is 6.97. The Morgan fingerprint density at radius 1 is 1.27 bits per heavy atom. The Hall–Kier alpha value is -0.410. The predicted octanol–water partition coefficient (Wildman–Crippen LogP) is 2.26. The van der Waals surface area contributed by atoms with E-state index < -0.39 is 5.79 Å². The van der Waals surface area contributed by atoms with Gasteiger partial charge in [0.05, 0.1) is 6.21 Å². The quantitative estimate of drug-likeness (QED) is 0.278. The first-order valence-electron chi connectivity index (χ1n) is 4.21. The highest BCUT2D eigenvalue weighted by molar-refractivity contribution is 5.64. The third kappa shape index (κ3) is 2.60. The smallest absolute Gasteiger partial charge is 0.268 e. The van der Waals surface area contributed by atoms with Crippen molar-refractivity contribution in [3.8, 4) is 0 Å². The molecule has 0 atom stereocenters. The summed E-state index contributed by atoms with van der Waals surface area (Å²) in [5.74, 6) is -0.617. The average molecular weight is 157 g/mol. The Kier molecular flexibility index (Phi) is 3.02. The minimum absolute atomic E-state index is 0.617. The lowest BCUT2D eigenvalue weighted by molar-refractivity contribution is 0.0850. The van der Waals surface area contributed by atoms with Crippen LogP contribution in [0.25, 0.3) is 0 Å². The molecule has 64 valence electrons. The molecule has 1 heterocycles. The fraction of sp³-hybridized carbons (Fsp3) is 0.875. The second kappa shape index (κ2) is 3.83. The minimum Gasteiger partial charge on any atom is -0.307 e. The maximum atomic E-state index is 6.97. The highest BCUT2D eigenvalue weighted by atomic mass is 17.4. The summed E-state index contributed by atoms with van der Waals surface area (Å²) in [6, 6.07) is 0. The van der Waals surface area contributed by atoms with Crippen molar-refractivity contribution >= 4 is 6.21 Å². The van der Waals surface area contributed by atoms with Crippen LogP contribution in [0.1, 0.15) is 39.0 Å². The molecule has 0 aromatic rings. The average Bonchev–Trinajstić information content (AvgIpc) is 2.80. The molecule has 1 N–H and O–H groups in total. The van der Waals surface area contributed by atoms with Crippen LogP contribution in [0, 0.1) is 5.41 Å². The molecule has 0 aromatic heterocycles. The van der Waals surface area contributed by atoms with Crippen molar-refractivity contribution in [1.29, 1.82) is 5.41 Å². The number of nitrogens with one attached hydrogen (secondary N) is 1. The van der Waals surface area contributed by atoms with Crippen LogP contribution >= 0.6 is 0 Å². The highest BCUT2D eigenvalue weighted by Crippen LogP contribution is 2.32. The van der Waals surface area contributed by atoms with Crippen LogP contribution < -0.4 is 0 Å². The molecule has 1 rings (SSSR count). The summed E-state index contributed by atoms with van der Waals surface area (Å²) in [7, 11) is 0. The molecular weight excluding hydrogens is 142 g/mol. The van der Waals surface area contributed by atoms with E-state index in [-0.39, 0.29) is 0 Å².